The van der Waals surface area contributed by atoms with Crippen LogP contribution in [0.4, 0.5) is 0 Å². The van der Waals surface area contributed by atoms with Crippen LogP contribution in [-0.4, -0.2) is 52.5 Å². The van der Waals surface area contributed by atoms with Crippen molar-refractivity contribution in [3.8, 4) is 0 Å². The van der Waals surface area contributed by atoms with Gasteiger partial charge < -0.3 is 15.3 Å². The molecule has 0 saturated heterocycles. The fourth-order valence-corrected chi connectivity index (χ4v) is 0.901. The van der Waals surface area contributed by atoms with Crippen LogP contribution in [0, 0.1) is 0 Å². The third-order valence-electron chi connectivity index (χ3n) is 2.29. The van der Waals surface area contributed by atoms with E-state index in [9.17, 15) is 10.2 Å². The second-order valence-electron chi connectivity index (χ2n) is 3.06. The largest absolute Gasteiger partial charge is 0.391 e. The van der Waals surface area contributed by atoms with Crippen LogP contribution in [0.2, 0.25) is 0 Å². The predicted octanol–water partition coefficient (Wildman–Crippen LogP) is -0.898. The molecule has 4 heteroatoms. The highest BCUT2D eigenvalue weighted by atomic mass is 16.3. The Bertz CT molecular complexity index is 106. The minimum Gasteiger partial charge on any atom is -0.391 e. The SMILES string of the molecule is CC(O)[N+](C)(CCO)C(C)O. The Morgan fingerprint density at radius 1 is 1.18 bits per heavy atom. The van der Waals surface area contributed by atoms with Gasteiger partial charge in [0, 0.05) is 13.8 Å². The molecule has 3 N–H and O–H groups in total. The quantitative estimate of drug-likeness (QED) is 0.373. The van der Waals surface area contributed by atoms with Gasteiger partial charge in [-0.1, -0.05) is 0 Å². The molecule has 0 aromatic carbocycles. The second-order valence-corrected chi connectivity index (χ2v) is 3.06. The van der Waals surface area contributed by atoms with Crippen LogP contribution >= 0.6 is 0 Å². The van der Waals surface area contributed by atoms with Crippen LogP contribution in [0.3, 0.4) is 0 Å². The van der Waals surface area contributed by atoms with Crippen LogP contribution in [0.25, 0.3) is 0 Å². The maximum absolute atomic E-state index is 9.27. The van der Waals surface area contributed by atoms with Crippen LogP contribution < -0.4 is 0 Å². The molecule has 2 atom stereocenters. The maximum Gasteiger partial charge on any atom is 0.189 e. The average molecular weight is 164 g/mol. The zero-order valence-electron chi connectivity index (χ0n) is 7.36. The van der Waals surface area contributed by atoms with Crippen molar-refractivity contribution in [3.05, 3.63) is 0 Å². The van der Waals surface area contributed by atoms with Crippen molar-refractivity contribution < 1.29 is 19.8 Å². The molecule has 0 aliphatic carbocycles. The van der Waals surface area contributed by atoms with Crippen molar-refractivity contribution in [3.63, 3.8) is 0 Å². The third-order valence-corrected chi connectivity index (χ3v) is 2.29. The maximum atomic E-state index is 9.27. The first kappa shape index (κ1) is 10.8. The molecule has 0 heterocycles. The van der Waals surface area contributed by atoms with E-state index in [1.807, 2.05) is 0 Å². The van der Waals surface area contributed by atoms with E-state index < -0.39 is 12.5 Å². The summed E-state index contributed by atoms with van der Waals surface area (Å²) in [5.74, 6) is 0. The fraction of sp³-hybridized carbons (Fsp3) is 1.00. The van der Waals surface area contributed by atoms with Gasteiger partial charge in [-0.15, -0.1) is 0 Å². The summed E-state index contributed by atoms with van der Waals surface area (Å²) in [6, 6.07) is 0. The minimum absolute atomic E-state index is 0.0354. The Kier molecular flexibility index (Phi) is 3.96. The van der Waals surface area contributed by atoms with Crippen molar-refractivity contribution in [2.75, 3.05) is 20.2 Å². The van der Waals surface area contributed by atoms with Gasteiger partial charge in [-0.3, -0.25) is 4.48 Å². The van der Waals surface area contributed by atoms with E-state index in [1.54, 1.807) is 20.9 Å². The zero-order valence-corrected chi connectivity index (χ0v) is 7.36. The average Bonchev–Trinajstić information content (AvgIpc) is 1.87. The van der Waals surface area contributed by atoms with E-state index in [4.69, 9.17) is 5.11 Å². The van der Waals surface area contributed by atoms with E-state index >= 15 is 0 Å². The number of nitrogens with zero attached hydrogens (tertiary/aromatic N) is 1. The predicted molar refractivity (Wildman–Crippen MR) is 41.5 cm³/mol. The Hall–Kier alpha value is -0.160. The molecular formula is C7H18NO3+. The molecule has 0 spiro atoms. The van der Waals surface area contributed by atoms with Crippen LogP contribution in [0.5, 0.6) is 0 Å². The molecule has 0 amide bonds. The summed E-state index contributed by atoms with van der Waals surface area (Å²) in [6.07, 6.45) is -1.33. The van der Waals surface area contributed by atoms with Gasteiger partial charge >= 0.3 is 0 Å². The van der Waals surface area contributed by atoms with Gasteiger partial charge in [-0.05, 0) is 0 Å². The Balaban J connectivity index is 4.26. The van der Waals surface area contributed by atoms with E-state index in [0.717, 1.165) is 0 Å². The fourth-order valence-electron chi connectivity index (χ4n) is 0.901. The lowest BCUT2D eigenvalue weighted by Gasteiger charge is -2.38. The van der Waals surface area contributed by atoms with Gasteiger partial charge in [0.2, 0.25) is 0 Å². The standard InChI is InChI=1S/C7H18NO3/c1-6(10)8(3,4-5-9)7(2)11/h6-7,9-11H,4-5H2,1-3H3/q+1. The van der Waals surface area contributed by atoms with Crippen LogP contribution in [0.15, 0.2) is 0 Å². The molecule has 0 aliphatic rings. The summed E-state index contributed by atoms with van der Waals surface area (Å²) >= 11 is 0. The van der Waals surface area contributed by atoms with Gasteiger partial charge in [-0.2, -0.15) is 0 Å². The number of aliphatic hydroxyl groups is 3. The molecule has 2 unspecified atom stereocenters. The van der Waals surface area contributed by atoms with E-state index in [0.29, 0.717) is 6.54 Å². The lowest BCUT2D eigenvalue weighted by molar-refractivity contribution is -0.990. The molecule has 0 aromatic rings. The van der Waals surface area contributed by atoms with Crippen molar-refractivity contribution in [1.82, 2.24) is 0 Å². The molecule has 0 aromatic heterocycles. The van der Waals surface area contributed by atoms with Crippen molar-refractivity contribution in [1.29, 1.82) is 0 Å². The molecule has 0 saturated carbocycles. The van der Waals surface area contributed by atoms with Crippen molar-refractivity contribution in [2.24, 2.45) is 0 Å². The number of hydrogen-bond donors (Lipinski definition) is 3. The smallest absolute Gasteiger partial charge is 0.189 e. The normalized spacial score (nSPS) is 22.4. The number of hydrogen-bond acceptors (Lipinski definition) is 3. The molecule has 0 aliphatic heterocycles. The Morgan fingerprint density at radius 2 is 1.55 bits per heavy atom. The molecule has 0 rings (SSSR count). The number of quaternary nitrogens is 1. The molecule has 68 valence electrons. The van der Waals surface area contributed by atoms with E-state index in [1.165, 1.54) is 0 Å². The minimum atomic E-state index is -0.665. The third kappa shape index (κ3) is 2.41. The lowest BCUT2D eigenvalue weighted by Crippen LogP contribution is -2.58. The number of aliphatic hydroxyl groups excluding tert-OH is 3. The topological polar surface area (TPSA) is 60.7 Å². The van der Waals surface area contributed by atoms with Crippen molar-refractivity contribution in [2.45, 2.75) is 26.3 Å². The van der Waals surface area contributed by atoms with Crippen molar-refractivity contribution >= 4 is 0 Å². The van der Waals surface area contributed by atoms with Crippen LogP contribution in [-0.2, 0) is 0 Å². The number of likely N-dealkylation sites (N-methyl/N-ethyl adjacent to an activating group) is 1. The van der Waals surface area contributed by atoms with Gasteiger partial charge in [0.15, 0.2) is 12.5 Å². The van der Waals surface area contributed by atoms with Gasteiger partial charge in [0.1, 0.15) is 6.54 Å². The lowest BCUT2D eigenvalue weighted by atomic mass is 10.3. The first-order valence-corrected chi connectivity index (χ1v) is 3.77. The zero-order chi connectivity index (χ0) is 9.07. The van der Waals surface area contributed by atoms with Gasteiger partial charge in [0.25, 0.3) is 0 Å². The first-order chi connectivity index (χ1) is 4.95. The molecule has 4 nitrogen and oxygen atoms in total. The summed E-state index contributed by atoms with van der Waals surface area (Å²) < 4.78 is 0.0660. The Morgan fingerprint density at radius 3 is 1.64 bits per heavy atom. The van der Waals surface area contributed by atoms with E-state index in [2.05, 4.69) is 0 Å². The molecule has 11 heavy (non-hydrogen) atoms. The highest BCUT2D eigenvalue weighted by Gasteiger charge is 2.31. The Labute approximate surface area is 67.3 Å². The number of rotatable bonds is 4. The molecule has 0 fully saturated rings. The summed E-state index contributed by atoms with van der Waals surface area (Å²) in [7, 11) is 1.70. The van der Waals surface area contributed by atoms with Gasteiger partial charge in [-0.25, -0.2) is 0 Å². The monoisotopic (exact) mass is 164 g/mol. The summed E-state index contributed by atoms with van der Waals surface area (Å²) in [6.45, 7) is 3.52. The molecular weight excluding hydrogens is 146 g/mol. The molecule has 0 bridgehead atoms. The van der Waals surface area contributed by atoms with Crippen LogP contribution in [0.1, 0.15) is 13.8 Å². The highest BCUT2D eigenvalue weighted by Crippen LogP contribution is 2.11. The second kappa shape index (κ2) is 4.01. The summed E-state index contributed by atoms with van der Waals surface area (Å²) in [5.41, 5.74) is 0. The summed E-state index contributed by atoms with van der Waals surface area (Å²) in [5, 5.41) is 27.2. The summed E-state index contributed by atoms with van der Waals surface area (Å²) in [4.78, 5) is 0. The highest BCUT2D eigenvalue weighted by molar-refractivity contribution is 4.39. The first-order valence-electron chi connectivity index (χ1n) is 3.77. The van der Waals surface area contributed by atoms with Gasteiger partial charge in [0.05, 0.1) is 13.7 Å². The molecule has 0 radical (unpaired) electrons. The van der Waals surface area contributed by atoms with E-state index in [-0.39, 0.29) is 11.1 Å².